The summed E-state index contributed by atoms with van der Waals surface area (Å²) in [5, 5.41) is 11.0. The molecule has 0 spiro atoms. The quantitative estimate of drug-likeness (QED) is 0.885. The number of aromatic nitrogens is 1. The first-order chi connectivity index (χ1) is 7.78. The molecule has 0 aliphatic rings. The number of nitrogens with zero attached hydrogens (tertiary/aromatic N) is 1. The van der Waals surface area contributed by atoms with Crippen LogP contribution in [0, 0.1) is 6.92 Å². The lowest BCUT2D eigenvalue weighted by Crippen LogP contribution is -2.29. The first kappa shape index (κ1) is 11.8. The lowest BCUT2D eigenvalue weighted by atomic mass is 10.0. The van der Waals surface area contributed by atoms with Gasteiger partial charge in [-0.15, -0.1) is 11.3 Å². The third-order valence-corrected chi connectivity index (χ3v) is 4.15. The second kappa shape index (κ2) is 5.57. The minimum absolute atomic E-state index is 0.483. The van der Waals surface area contributed by atoms with Crippen LogP contribution in [0.4, 0.5) is 0 Å². The van der Waals surface area contributed by atoms with Crippen LogP contribution in [0.25, 0.3) is 0 Å². The Kier molecular flexibility index (Phi) is 4.09. The van der Waals surface area contributed by atoms with Crippen molar-refractivity contribution in [3.63, 3.8) is 0 Å². The predicted octanol–water partition coefficient (Wildman–Crippen LogP) is 2.89. The molecule has 0 saturated heterocycles. The summed E-state index contributed by atoms with van der Waals surface area (Å²) in [5.74, 6) is 0. The Balaban J connectivity index is 1.95. The van der Waals surface area contributed by atoms with Crippen molar-refractivity contribution < 1.29 is 0 Å². The van der Waals surface area contributed by atoms with Crippen molar-refractivity contribution in [2.75, 3.05) is 7.05 Å². The Labute approximate surface area is 104 Å². The van der Waals surface area contributed by atoms with Crippen molar-refractivity contribution in [2.24, 2.45) is 0 Å². The molecule has 0 radical (unpaired) electrons. The Morgan fingerprint density at radius 1 is 1.38 bits per heavy atom. The average Bonchev–Trinajstić information content (AvgIpc) is 2.89. The van der Waals surface area contributed by atoms with Crippen molar-refractivity contribution in [1.29, 1.82) is 0 Å². The minimum Gasteiger partial charge on any atom is -0.316 e. The number of rotatable bonds is 5. The van der Waals surface area contributed by atoms with Gasteiger partial charge in [-0.05, 0) is 42.8 Å². The Hall–Kier alpha value is -0.710. The summed E-state index contributed by atoms with van der Waals surface area (Å²) < 4.78 is 0. The van der Waals surface area contributed by atoms with Crippen molar-refractivity contribution in [3.8, 4) is 0 Å². The van der Waals surface area contributed by atoms with E-state index in [-0.39, 0.29) is 0 Å². The van der Waals surface area contributed by atoms with E-state index < -0.39 is 0 Å². The lowest BCUT2D eigenvalue weighted by Gasteiger charge is -2.13. The van der Waals surface area contributed by atoms with E-state index in [0.717, 1.165) is 17.8 Å². The fraction of sp³-hybridized carbons (Fsp3) is 0.417. The van der Waals surface area contributed by atoms with Crippen LogP contribution < -0.4 is 5.32 Å². The van der Waals surface area contributed by atoms with Crippen molar-refractivity contribution >= 4 is 22.7 Å². The summed E-state index contributed by atoms with van der Waals surface area (Å²) >= 11 is 3.49. The number of aryl methyl sites for hydroxylation is 1. The minimum atomic E-state index is 0.483. The number of thiophene rings is 1. The van der Waals surface area contributed by atoms with Gasteiger partial charge in [-0.1, -0.05) is 0 Å². The molecule has 2 nitrogen and oxygen atoms in total. The molecular weight excluding hydrogens is 236 g/mol. The zero-order chi connectivity index (χ0) is 11.4. The summed E-state index contributed by atoms with van der Waals surface area (Å²) in [7, 11) is 2.02. The first-order valence-electron chi connectivity index (χ1n) is 5.37. The van der Waals surface area contributed by atoms with Gasteiger partial charge in [0.15, 0.2) is 0 Å². The molecule has 1 unspecified atom stereocenters. The van der Waals surface area contributed by atoms with E-state index in [1.165, 1.54) is 11.3 Å². The summed E-state index contributed by atoms with van der Waals surface area (Å²) in [5.41, 5.74) is 2.62. The van der Waals surface area contributed by atoms with Crippen molar-refractivity contribution in [3.05, 3.63) is 38.5 Å². The van der Waals surface area contributed by atoms with Crippen LogP contribution >= 0.6 is 22.7 Å². The highest BCUT2D eigenvalue weighted by Crippen LogP contribution is 2.14. The van der Waals surface area contributed by atoms with Crippen molar-refractivity contribution in [1.82, 2.24) is 10.3 Å². The summed E-state index contributed by atoms with van der Waals surface area (Å²) in [6, 6.07) is 2.68. The molecule has 4 heteroatoms. The molecule has 0 aliphatic carbocycles. The molecule has 2 aromatic rings. The Bertz CT molecular complexity index is 420. The lowest BCUT2D eigenvalue weighted by molar-refractivity contribution is 0.552. The molecule has 0 aromatic carbocycles. The standard InChI is InChI=1S/C12H16N2S2/c1-9-14-12(8-16-9)6-11(13-2)5-10-3-4-15-7-10/h3-4,7-8,11,13H,5-6H2,1-2H3. The van der Waals surface area contributed by atoms with Gasteiger partial charge in [-0.3, -0.25) is 0 Å². The Morgan fingerprint density at radius 3 is 2.81 bits per heavy atom. The van der Waals surface area contributed by atoms with E-state index in [4.69, 9.17) is 0 Å². The maximum atomic E-state index is 4.51. The van der Waals surface area contributed by atoms with Crippen LogP contribution in [0.2, 0.25) is 0 Å². The van der Waals surface area contributed by atoms with Gasteiger partial charge in [0.1, 0.15) is 0 Å². The van der Waals surface area contributed by atoms with Gasteiger partial charge in [-0.2, -0.15) is 11.3 Å². The van der Waals surface area contributed by atoms with Gasteiger partial charge in [0.25, 0.3) is 0 Å². The predicted molar refractivity (Wildman–Crippen MR) is 71.4 cm³/mol. The molecule has 16 heavy (non-hydrogen) atoms. The van der Waals surface area contributed by atoms with Gasteiger partial charge in [0.05, 0.1) is 10.7 Å². The fourth-order valence-electron chi connectivity index (χ4n) is 1.72. The molecule has 0 saturated carbocycles. The van der Waals surface area contributed by atoms with Crippen LogP contribution in [0.3, 0.4) is 0 Å². The molecule has 0 aliphatic heterocycles. The topological polar surface area (TPSA) is 24.9 Å². The molecule has 1 N–H and O–H groups in total. The van der Waals surface area contributed by atoms with Crippen LogP contribution in [0.5, 0.6) is 0 Å². The van der Waals surface area contributed by atoms with Crippen LogP contribution in [0.15, 0.2) is 22.2 Å². The number of thiazole rings is 1. The molecule has 86 valence electrons. The molecule has 1 atom stereocenters. The monoisotopic (exact) mass is 252 g/mol. The molecule has 2 rings (SSSR count). The second-order valence-electron chi connectivity index (χ2n) is 3.88. The maximum Gasteiger partial charge on any atom is 0.0897 e. The number of hydrogen-bond donors (Lipinski definition) is 1. The van der Waals surface area contributed by atoms with Crippen LogP contribution in [0.1, 0.15) is 16.3 Å². The zero-order valence-electron chi connectivity index (χ0n) is 9.56. The molecule has 0 fully saturated rings. The number of likely N-dealkylation sites (N-methyl/N-ethyl adjacent to an activating group) is 1. The smallest absolute Gasteiger partial charge is 0.0897 e. The van der Waals surface area contributed by atoms with Gasteiger partial charge in [-0.25, -0.2) is 4.98 Å². The SMILES string of the molecule is CNC(Cc1ccsc1)Cc1csc(C)n1. The molecular formula is C12H16N2S2. The third kappa shape index (κ3) is 3.14. The zero-order valence-corrected chi connectivity index (χ0v) is 11.2. The first-order valence-corrected chi connectivity index (χ1v) is 7.19. The summed E-state index contributed by atoms with van der Waals surface area (Å²) in [6.45, 7) is 2.06. The van der Waals surface area contributed by atoms with E-state index in [0.29, 0.717) is 6.04 Å². The van der Waals surface area contributed by atoms with Crippen LogP contribution in [-0.2, 0) is 12.8 Å². The van der Waals surface area contributed by atoms with Gasteiger partial charge in [0, 0.05) is 17.8 Å². The molecule has 0 bridgehead atoms. The Morgan fingerprint density at radius 2 is 2.25 bits per heavy atom. The van der Waals surface area contributed by atoms with Gasteiger partial charge < -0.3 is 5.32 Å². The van der Waals surface area contributed by atoms with E-state index >= 15 is 0 Å². The average molecular weight is 252 g/mol. The highest BCUT2D eigenvalue weighted by Gasteiger charge is 2.10. The van der Waals surface area contributed by atoms with E-state index in [9.17, 15) is 0 Å². The molecule has 2 heterocycles. The maximum absolute atomic E-state index is 4.51. The van der Waals surface area contributed by atoms with E-state index in [1.54, 1.807) is 22.7 Å². The van der Waals surface area contributed by atoms with Gasteiger partial charge in [0.2, 0.25) is 0 Å². The van der Waals surface area contributed by atoms with E-state index in [2.05, 4.69) is 39.4 Å². The van der Waals surface area contributed by atoms with Crippen molar-refractivity contribution in [2.45, 2.75) is 25.8 Å². The number of nitrogens with one attached hydrogen (secondary N) is 1. The van der Waals surface area contributed by atoms with Crippen LogP contribution in [-0.4, -0.2) is 18.1 Å². The summed E-state index contributed by atoms with van der Waals surface area (Å²) in [4.78, 5) is 4.51. The second-order valence-corrected chi connectivity index (χ2v) is 5.73. The summed E-state index contributed by atoms with van der Waals surface area (Å²) in [6.07, 6.45) is 2.09. The van der Waals surface area contributed by atoms with E-state index in [1.807, 2.05) is 7.05 Å². The third-order valence-electron chi connectivity index (χ3n) is 2.59. The largest absolute Gasteiger partial charge is 0.316 e. The fourth-order valence-corrected chi connectivity index (χ4v) is 3.03. The molecule has 0 amide bonds. The molecule has 2 aromatic heterocycles. The highest BCUT2D eigenvalue weighted by molar-refractivity contribution is 7.09. The normalized spacial score (nSPS) is 12.9. The highest BCUT2D eigenvalue weighted by atomic mass is 32.1. The van der Waals surface area contributed by atoms with Gasteiger partial charge >= 0.3 is 0 Å². The number of hydrogen-bond acceptors (Lipinski definition) is 4.